The molecule has 2 rings (SSSR count). The standard InChI is InChI=1S/C11H13FN2S/c1-14(11(15)13-9-4-5-9)10-6-2-8(12)3-7-10/h2-3,6-7,9H,4-5H2,1H3,(H,13,15). The van der Waals surface area contributed by atoms with E-state index in [9.17, 15) is 4.39 Å². The molecule has 0 radical (unpaired) electrons. The third-order valence-electron chi connectivity index (χ3n) is 2.42. The van der Waals surface area contributed by atoms with Crippen molar-refractivity contribution in [3.8, 4) is 0 Å². The average molecular weight is 224 g/mol. The molecule has 1 aliphatic rings. The van der Waals surface area contributed by atoms with Crippen molar-refractivity contribution in [2.75, 3.05) is 11.9 Å². The summed E-state index contributed by atoms with van der Waals surface area (Å²) in [7, 11) is 1.88. The first kappa shape index (κ1) is 10.4. The summed E-state index contributed by atoms with van der Waals surface area (Å²) in [5.74, 6) is -0.228. The summed E-state index contributed by atoms with van der Waals surface area (Å²) in [6.45, 7) is 0. The number of hydrogen-bond acceptors (Lipinski definition) is 1. The summed E-state index contributed by atoms with van der Waals surface area (Å²) in [4.78, 5) is 1.85. The van der Waals surface area contributed by atoms with Crippen LogP contribution in [0.25, 0.3) is 0 Å². The highest BCUT2D eigenvalue weighted by Crippen LogP contribution is 2.20. The highest BCUT2D eigenvalue weighted by molar-refractivity contribution is 7.80. The molecule has 1 aromatic rings. The van der Waals surface area contributed by atoms with Crippen molar-refractivity contribution < 1.29 is 4.39 Å². The number of rotatable bonds is 2. The predicted octanol–water partition coefficient (Wildman–Crippen LogP) is 2.30. The van der Waals surface area contributed by atoms with Crippen LogP contribution in [0.5, 0.6) is 0 Å². The van der Waals surface area contributed by atoms with Crippen LogP contribution in [-0.4, -0.2) is 18.2 Å². The maximum atomic E-state index is 12.7. The van der Waals surface area contributed by atoms with Gasteiger partial charge in [0.2, 0.25) is 0 Å². The van der Waals surface area contributed by atoms with Gasteiger partial charge in [-0.05, 0) is 49.3 Å². The molecule has 0 atom stereocenters. The largest absolute Gasteiger partial charge is 0.360 e. The second-order valence-electron chi connectivity index (χ2n) is 3.76. The molecule has 1 fully saturated rings. The molecule has 1 N–H and O–H groups in total. The Bertz CT molecular complexity index is 359. The first-order chi connectivity index (χ1) is 7.16. The van der Waals surface area contributed by atoms with Gasteiger partial charge < -0.3 is 10.2 Å². The fourth-order valence-corrected chi connectivity index (χ4v) is 1.55. The molecule has 1 aliphatic carbocycles. The van der Waals surface area contributed by atoms with E-state index in [1.54, 1.807) is 12.1 Å². The quantitative estimate of drug-likeness (QED) is 0.776. The Hall–Kier alpha value is -1.16. The topological polar surface area (TPSA) is 15.3 Å². The monoisotopic (exact) mass is 224 g/mol. The van der Waals surface area contributed by atoms with E-state index in [4.69, 9.17) is 12.2 Å². The number of halogens is 1. The molecular weight excluding hydrogens is 211 g/mol. The van der Waals surface area contributed by atoms with Crippen LogP contribution in [0, 0.1) is 5.82 Å². The Labute approximate surface area is 94.1 Å². The number of nitrogens with zero attached hydrogens (tertiary/aromatic N) is 1. The lowest BCUT2D eigenvalue weighted by molar-refractivity contribution is 0.628. The number of benzene rings is 1. The molecule has 80 valence electrons. The molecule has 0 aliphatic heterocycles. The zero-order chi connectivity index (χ0) is 10.8. The van der Waals surface area contributed by atoms with Crippen molar-refractivity contribution >= 4 is 23.0 Å². The van der Waals surface area contributed by atoms with Gasteiger partial charge in [-0.3, -0.25) is 0 Å². The lowest BCUT2D eigenvalue weighted by Crippen LogP contribution is -2.38. The smallest absolute Gasteiger partial charge is 0.173 e. The van der Waals surface area contributed by atoms with Gasteiger partial charge in [-0.2, -0.15) is 0 Å². The molecular formula is C11H13FN2S. The highest BCUT2D eigenvalue weighted by Gasteiger charge is 2.23. The van der Waals surface area contributed by atoms with Crippen LogP contribution < -0.4 is 10.2 Å². The lowest BCUT2D eigenvalue weighted by atomic mass is 10.3. The van der Waals surface area contributed by atoms with Gasteiger partial charge in [0.05, 0.1) is 0 Å². The van der Waals surface area contributed by atoms with Crippen LogP contribution >= 0.6 is 12.2 Å². The molecule has 1 saturated carbocycles. The second kappa shape index (κ2) is 4.14. The first-order valence-electron chi connectivity index (χ1n) is 4.96. The summed E-state index contributed by atoms with van der Waals surface area (Å²) in [6, 6.07) is 6.85. The minimum absolute atomic E-state index is 0.228. The molecule has 15 heavy (non-hydrogen) atoms. The van der Waals surface area contributed by atoms with E-state index in [0.717, 1.165) is 5.69 Å². The molecule has 0 amide bonds. The Kier molecular flexibility index (Phi) is 2.86. The number of anilines is 1. The SMILES string of the molecule is CN(C(=S)NC1CC1)c1ccc(F)cc1. The second-order valence-corrected chi connectivity index (χ2v) is 4.15. The van der Waals surface area contributed by atoms with Crippen LogP contribution in [-0.2, 0) is 0 Å². The summed E-state index contributed by atoms with van der Waals surface area (Å²) in [6.07, 6.45) is 2.38. The summed E-state index contributed by atoms with van der Waals surface area (Å²) in [5, 5.41) is 3.93. The third kappa shape index (κ3) is 2.65. The molecule has 1 aromatic carbocycles. The first-order valence-corrected chi connectivity index (χ1v) is 5.37. The van der Waals surface area contributed by atoms with Crippen molar-refractivity contribution in [3.63, 3.8) is 0 Å². The molecule has 0 spiro atoms. The van der Waals surface area contributed by atoms with Crippen molar-refractivity contribution in [1.82, 2.24) is 5.32 Å². The van der Waals surface area contributed by atoms with E-state index in [1.165, 1.54) is 25.0 Å². The Morgan fingerprint density at radius 2 is 2.00 bits per heavy atom. The fourth-order valence-electron chi connectivity index (χ4n) is 1.28. The zero-order valence-corrected chi connectivity index (χ0v) is 9.35. The zero-order valence-electron chi connectivity index (χ0n) is 8.53. The van der Waals surface area contributed by atoms with Crippen LogP contribution in [0.1, 0.15) is 12.8 Å². The Morgan fingerprint density at radius 3 is 2.53 bits per heavy atom. The van der Waals surface area contributed by atoms with Crippen molar-refractivity contribution in [2.45, 2.75) is 18.9 Å². The van der Waals surface area contributed by atoms with Crippen LogP contribution in [0.4, 0.5) is 10.1 Å². The van der Waals surface area contributed by atoms with Gasteiger partial charge >= 0.3 is 0 Å². The number of nitrogens with one attached hydrogen (secondary N) is 1. The lowest BCUT2D eigenvalue weighted by Gasteiger charge is -2.20. The predicted molar refractivity (Wildman–Crippen MR) is 63.6 cm³/mol. The minimum Gasteiger partial charge on any atom is -0.360 e. The van der Waals surface area contributed by atoms with Crippen LogP contribution in [0.3, 0.4) is 0 Å². The molecule has 0 saturated heterocycles. The van der Waals surface area contributed by atoms with Crippen LogP contribution in [0.15, 0.2) is 24.3 Å². The van der Waals surface area contributed by atoms with Gasteiger partial charge in [-0.1, -0.05) is 0 Å². The van der Waals surface area contributed by atoms with Crippen molar-refractivity contribution in [1.29, 1.82) is 0 Å². The van der Waals surface area contributed by atoms with Crippen molar-refractivity contribution in [3.05, 3.63) is 30.1 Å². The average Bonchev–Trinajstić information content (AvgIpc) is 3.02. The molecule has 2 nitrogen and oxygen atoms in total. The van der Waals surface area contributed by atoms with E-state index in [-0.39, 0.29) is 5.82 Å². The van der Waals surface area contributed by atoms with E-state index < -0.39 is 0 Å². The molecule has 0 unspecified atom stereocenters. The maximum Gasteiger partial charge on any atom is 0.173 e. The van der Waals surface area contributed by atoms with Gasteiger partial charge in [-0.15, -0.1) is 0 Å². The summed E-state index contributed by atoms with van der Waals surface area (Å²) >= 11 is 5.23. The number of hydrogen-bond donors (Lipinski definition) is 1. The van der Waals surface area contributed by atoms with Gasteiger partial charge in [0.25, 0.3) is 0 Å². The van der Waals surface area contributed by atoms with Gasteiger partial charge in [-0.25, -0.2) is 4.39 Å². The fraction of sp³-hybridized carbons (Fsp3) is 0.364. The van der Waals surface area contributed by atoms with Crippen LogP contribution in [0.2, 0.25) is 0 Å². The van der Waals surface area contributed by atoms with E-state index >= 15 is 0 Å². The third-order valence-corrected chi connectivity index (χ3v) is 2.82. The summed E-state index contributed by atoms with van der Waals surface area (Å²) in [5.41, 5.74) is 0.898. The Balaban J connectivity index is 2.02. The van der Waals surface area contributed by atoms with Gasteiger partial charge in [0, 0.05) is 18.8 Å². The number of thiocarbonyl (C=S) groups is 1. The molecule has 0 aromatic heterocycles. The van der Waals surface area contributed by atoms with E-state index in [2.05, 4.69) is 5.32 Å². The van der Waals surface area contributed by atoms with Gasteiger partial charge in [0.1, 0.15) is 5.82 Å². The molecule has 0 heterocycles. The van der Waals surface area contributed by atoms with E-state index in [1.807, 2.05) is 11.9 Å². The summed E-state index contributed by atoms with van der Waals surface area (Å²) < 4.78 is 12.7. The molecule has 4 heteroatoms. The minimum atomic E-state index is -0.228. The maximum absolute atomic E-state index is 12.7. The molecule has 0 bridgehead atoms. The normalized spacial score (nSPS) is 14.8. The Morgan fingerprint density at radius 1 is 1.40 bits per heavy atom. The highest BCUT2D eigenvalue weighted by atomic mass is 32.1. The van der Waals surface area contributed by atoms with E-state index in [0.29, 0.717) is 11.2 Å². The van der Waals surface area contributed by atoms with Crippen molar-refractivity contribution in [2.24, 2.45) is 0 Å². The van der Waals surface area contributed by atoms with Gasteiger partial charge in [0.15, 0.2) is 5.11 Å².